The van der Waals surface area contributed by atoms with Crippen molar-refractivity contribution >= 4 is 18.3 Å². The highest BCUT2D eigenvalue weighted by Crippen LogP contribution is 2.19. The van der Waals surface area contributed by atoms with Crippen molar-refractivity contribution in [2.24, 2.45) is 5.73 Å². The van der Waals surface area contributed by atoms with Crippen LogP contribution in [0.4, 0.5) is 0 Å². The largest absolute Gasteiger partial charge is 0.325 e. The SMILES string of the molecule is Cl.N#C[C@@H]1CCCN1C(=O)[C@@H](N)Cc1ccc(-n2cc(-c3ccccc3)nn2)cc1. The van der Waals surface area contributed by atoms with Crippen LogP contribution in [0.25, 0.3) is 16.9 Å². The van der Waals surface area contributed by atoms with Crippen molar-refractivity contribution in [1.29, 1.82) is 5.26 Å². The molecule has 154 valence electrons. The monoisotopic (exact) mass is 422 g/mol. The Morgan fingerprint density at radius 2 is 1.93 bits per heavy atom. The number of amides is 1. The Hall–Kier alpha value is -3.21. The number of aromatic nitrogens is 3. The summed E-state index contributed by atoms with van der Waals surface area (Å²) in [5, 5.41) is 17.6. The van der Waals surface area contributed by atoms with Crippen LogP contribution in [0, 0.1) is 11.3 Å². The number of nitriles is 1. The fourth-order valence-electron chi connectivity index (χ4n) is 3.63. The molecule has 3 aromatic rings. The summed E-state index contributed by atoms with van der Waals surface area (Å²) in [6.07, 6.45) is 3.90. The molecule has 0 radical (unpaired) electrons. The molecule has 2 N–H and O–H groups in total. The standard InChI is InChI=1S/C22H22N6O.ClH/c23-14-19-7-4-12-27(19)22(29)20(24)13-16-8-10-18(11-9-16)28-15-21(25-26-28)17-5-2-1-3-6-17;/h1-3,5-6,8-11,15,19-20H,4,7,12-13,24H2;1H/t19-,20-;/m0./s1. The molecule has 4 rings (SSSR count). The number of carbonyl (C=O) groups excluding carboxylic acids is 1. The first-order valence-electron chi connectivity index (χ1n) is 9.68. The van der Waals surface area contributed by atoms with Gasteiger partial charge in [-0.3, -0.25) is 4.79 Å². The highest BCUT2D eigenvalue weighted by atomic mass is 35.5. The molecule has 0 saturated carbocycles. The van der Waals surface area contributed by atoms with Crippen LogP contribution in [0.1, 0.15) is 18.4 Å². The molecule has 2 heterocycles. The van der Waals surface area contributed by atoms with Gasteiger partial charge in [0, 0.05) is 12.1 Å². The maximum absolute atomic E-state index is 12.6. The molecule has 8 heteroatoms. The Balaban J connectivity index is 0.00000256. The summed E-state index contributed by atoms with van der Waals surface area (Å²) >= 11 is 0. The number of hydrogen-bond acceptors (Lipinski definition) is 5. The summed E-state index contributed by atoms with van der Waals surface area (Å²) in [6.45, 7) is 0.611. The van der Waals surface area contributed by atoms with Gasteiger partial charge >= 0.3 is 0 Å². The van der Waals surface area contributed by atoms with Gasteiger partial charge in [0.2, 0.25) is 5.91 Å². The molecule has 30 heavy (non-hydrogen) atoms. The summed E-state index contributed by atoms with van der Waals surface area (Å²) < 4.78 is 1.72. The van der Waals surface area contributed by atoms with Crippen LogP contribution < -0.4 is 5.73 Å². The zero-order chi connectivity index (χ0) is 20.2. The Kier molecular flexibility index (Phi) is 6.83. The van der Waals surface area contributed by atoms with E-state index in [1.807, 2.05) is 60.8 Å². The first-order chi connectivity index (χ1) is 14.2. The predicted molar refractivity (Wildman–Crippen MR) is 116 cm³/mol. The smallest absolute Gasteiger partial charge is 0.240 e. The topological polar surface area (TPSA) is 101 Å². The molecular formula is C22H23ClN6O. The minimum absolute atomic E-state index is 0. The van der Waals surface area contributed by atoms with Crippen LogP contribution in [0.3, 0.4) is 0 Å². The molecule has 1 fully saturated rings. The number of carbonyl (C=O) groups is 1. The summed E-state index contributed by atoms with van der Waals surface area (Å²) in [5.41, 5.74) is 9.80. The maximum Gasteiger partial charge on any atom is 0.240 e. The number of likely N-dealkylation sites (tertiary alicyclic amines) is 1. The van der Waals surface area contributed by atoms with Gasteiger partial charge in [0.15, 0.2) is 0 Å². The quantitative estimate of drug-likeness (QED) is 0.681. The van der Waals surface area contributed by atoms with Crippen molar-refractivity contribution in [2.45, 2.75) is 31.3 Å². The number of nitrogens with two attached hydrogens (primary N) is 1. The predicted octanol–water partition coefficient (Wildman–Crippen LogP) is 2.74. The van der Waals surface area contributed by atoms with Gasteiger partial charge in [-0.1, -0.05) is 47.7 Å². The van der Waals surface area contributed by atoms with E-state index in [0.717, 1.165) is 35.3 Å². The van der Waals surface area contributed by atoms with Crippen LogP contribution in [0.5, 0.6) is 0 Å². The molecule has 1 aliphatic rings. The average molecular weight is 423 g/mol. The van der Waals surface area contributed by atoms with Crippen molar-refractivity contribution < 1.29 is 4.79 Å². The minimum atomic E-state index is -0.647. The fraction of sp³-hybridized carbons (Fsp3) is 0.273. The number of rotatable bonds is 5. The number of benzene rings is 2. The van der Waals surface area contributed by atoms with Gasteiger partial charge in [-0.05, 0) is 37.0 Å². The number of hydrogen-bond donors (Lipinski definition) is 1. The van der Waals surface area contributed by atoms with Gasteiger partial charge in [-0.2, -0.15) is 5.26 Å². The number of halogens is 1. The zero-order valence-corrected chi connectivity index (χ0v) is 17.2. The molecule has 0 unspecified atom stereocenters. The third kappa shape index (κ3) is 4.51. The lowest BCUT2D eigenvalue weighted by atomic mass is 10.0. The van der Waals surface area contributed by atoms with Gasteiger partial charge < -0.3 is 10.6 Å². The van der Waals surface area contributed by atoms with Gasteiger partial charge in [0.25, 0.3) is 0 Å². The lowest BCUT2D eigenvalue weighted by molar-refractivity contribution is -0.132. The highest BCUT2D eigenvalue weighted by molar-refractivity contribution is 5.85. The normalized spacial score (nSPS) is 16.5. The molecule has 7 nitrogen and oxygen atoms in total. The maximum atomic E-state index is 12.6. The van der Waals surface area contributed by atoms with Gasteiger partial charge in [0.1, 0.15) is 11.7 Å². The van der Waals surface area contributed by atoms with Crippen molar-refractivity contribution in [3.63, 3.8) is 0 Å². The van der Waals surface area contributed by atoms with E-state index in [2.05, 4.69) is 16.4 Å². The van der Waals surface area contributed by atoms with Crippen molar-refractivity contribution in [1.82, 2.24) is 19.9 Å². The second-order valence-electron chi connectivity index (χ2n) is 7.21. The van der Waals surface area contributed by atoms with Crippen LogP contribution in [0.15, 0.2) is 60.8 Å². The van der Waals surface area contributed by atoms with Crippen LogP contribution in [-0.4, -0.2) is 44.4 Å². The Bertz CT molecular complexity index is 1030. The second kappa shape index (κ2) is 9.53. The first kappa shape index (κ1) is 21.5. The molecule has 2 atom stereocenters. The van der Waals surface area contributed by atoms with E-state index < -0.39 is 6.04 Å². The Morgan fingerprint density at radius 1 is 1.20 bits per heavy atom. The zero-order valence-electron chi connectivity index (χ0n) is 16.4. The van der Waals surface area contributed by atoms with E-state index in [9.17, 15) is 10.1 Å². The van der Waals surface area contributed by atoms with E-state index in [1.54, 1.807) is 9.58 Å². The summed E-state index contributed by atoms with van der Waals surface area (Å²) in [4.78, 5) is 14.2. The third-order valence-electron chi connectivity index (χ3n) is 5.22. The fourth-order valence-corrected chi connectivity index (χ4v) is 3.63. The molecular weight excluding hydrogens is 400 g/mol. The molecule has 0 aliphatic carbocycles. The van der Waals surface area contributed by atoms with Crippen molar-refractivity contribution in [3.05, 3.63) is 66.4 Å². The van der Waals surface area contributed by atoms with Gasteiger partial charge in [-0.15, -0.1) is 17.5 Å². The summed E-state index contributed by atoms with van der Waals surface area (Å²) in [7, 11) is 0. The van der Waals surface area contributed by atoms with E-state index in [1.165, 1.54) is 0 Å². The average Bonchev–Trinajstić information content (AvgIpc) is 3.44. The Morgan fingerprint density at radius 3 is 2.63 bits per heavy atom. The molecule has 2 aromatic carbocycles. The van der Waals surface area contributed by atoms with E-state index in [-0.39, 0.29) is 24.4 Å². The highest BCUT2D eigenvalue weighted by Gasteiger charge is 2.31. The number of nitrogens with zero attached hydrogens (tertiary/aromatic N) is 5. The van der Waals surface area contributed by atoms with E-state index in [0.29, 0.717) is 13.0 Å². The van der Waals surface area contributed by atoms with Crippen molar-refractivity contribution in [3.8, 4) is 23.0 Å². The van der Waals surface area contributed by atoms with E-state index >= 15 is 0 Å². The third-order valence-corrected chi connectivity index (χ3v) is 5.22. The molecule has 0 bridgehead atoms. The molecule has 0 spiro atoms. The molecule has 1 amide bonds. The summed E-state index contributed by atoms with van der Waals surface area (Å²) in [5.74, 6) is -0.151. The summed E-state index contributed by atoms with van der Waals surface area (Å²) in [6, 6.07) is 18.8. The Labute approximate surface area is 181 Å². The van der Waals surface area contributed by atoms with E-state index in [4.69, 9.17) is 5.73 Å². The molecule has 1 aliphatic heterocycles. The first-order valence-corrected chi connectivity index (χ1v) is 9.68. The van der Waals surface area contributed by atoms with Crippen LogP contribution >= 0.6 is 12.4 Å². The van der Waals surface area contributed by atoms with Crippen LogP contribution in [-0.2, 0) is 11.2 Å². The lowest BCUT2D eigenvalue weighted by Crippen LogP contribution is -2.46. The lowest BCUT2D eigenvalue weighted by Gasteiger charge is -2.23. The van der Waals surface area contributed by atoms with Gasteiger partial charge in [0.05, 0.1) is 24.0 Å². The minimum Gasteiger partial charge on any atom is -0.325 e. The van der Waals surface area contributed by atoms with Crippen LogP contribution in [0.2, 0.25) is 0 Å². The molecule has 1 aromatic heterocycles. The second-order valence-corrected chi connectivity index (χ2v) is 7.21. The van der Waals surface area contributed by atoms with Gasteiger partial charge in [-0.25, -0.2) is 4.68 Å². The molecule has 1 saturated heterocycles. The van der Waals surface area contributed by atoms with Crippen molar-refractivity contribution in [2.75, 3.05) is 6.54 Å².